The Morgan fingerprint density at radius 3 is 2.72 bits per heavy atom. The van der Waals surface area contributed by atoms with Gasteiger partial charge in [-0.2, -0.15) is 0 Å². The molecule has 3 rings (SSSR count). The van der Waals surface area contributed by atoms with Gasteiger partial charge in [0, 0.05) is 18.1 Å². The number of nitrogens with two attached hydrogens (primary N) is 1. The quantitative estimate of drug-likeness (QED) is 0.531. The van der Waals surface area contributed by atoms with Gasteiger partial charge >= 0.3 is 5.97 Å². The largest absolute Gasteiger partial charge is 0.462 e. The maximum Gasteiger partial charge on any atom is 0.341 e. The standard InChI is InChI=1S/C20H21N3O2/c1-2-25-20(24)16-13-23-19-15(9-6-10-17(19)21)18(16)22-12-11-14-7-4-3-5-8-14/h3-10,13H,2,11-12,21H2,1H3,(H,22,23). The summed E-state index contributed by atoms with van der Waals surface area (Å²) in [6.45, 7) is 2.79. The molecule has 5 nitrogen and oxygen atoms in total. The zero-order chi connectivity index (χ0) is 17.6. The summed E-state index contributed by atoms with van der Waals surface area (Å²) in [5, 5.41) is 4.19. The van der Waals surface area contributed by atoms with Crippen LogP contribution in [0.3, 0.4) is 0 Å². The predicted molar refractivity (Wildman–Crippen MR) is 101 cm³/mol. The number of benzene rings is 2. The van der Waals surface area contributed by atoms with Crippen molar-refractivity contribution in [3.8, 4) is 0 Å². The van der Waals surface area contributed by atoms with Crippen LogP contribution in [0.2, 0.25) is 0 Å². The van der Waals surface area contributed by atoms with Gasteiger partial charge in [-0.15, -0.1) is 0 Å². The summed E-state index contributed by atoms with van der Waals surface area (Å²) in [5.74, 6) is -0.387. The smallest absolute Gasteiger partial charge is 0.341 e. The summed E-state index contributed by atoms with van der Waals surface area (Å²) in [7, 11) is 0. The normalized spacial score (nSPS) is 10.6. The van der Waals surface area contributed by atoms with E-state index in [2.05, 4.69) is 22.4 Å². The Hall–Kier alpha value is -3.08. The molecule has 0 aliphatic rings. The van der Waals surface area contributed by atoms with Crippen LogP contribution in [0.1, 0.15) is 22.8 Å². The lowest BCUT2D eigenvalue weighted by atomic mass is 10.1. The van der Waals surface area contributed by atoms with E-state index < -0.39 is 0 Å². The molecular weight excluding hydrogens is 314 g/mol. The lowest BCUT2D eigenvalue weighted by molar-refractivity contribution is 0.0527. The molecule has 2 aromatic carbocycles. The number of nitrogens with one attached hydrogen (secondary N) is 1. The number of aromatic nitrogens is 1. The van der Waals surface area contributed by atoms with E-state index in [0.717, 1.165) is 11.8 Å². The number of ether oxygens (including phenoxy) is 1. The first-order valence-corrected chi connectivity index (χ1v) is 8.32. The van der Waals surface area contributed by atoms with Crippen molar-refractivity contribution in [1.82, 2.24) is 4.98 Å². The number of anilines is 2. The van der Waals surface area contributed by atoms with Gasteiger partial charge in [0.25, 0.3) is 0 Å². The highest BCUT2D eigenvalue weighted by Crippen LogP contribution is 2.29. The van der Waals surface area contributed by atoms with Crippen molar-refractivity contribution in [3.05, 3.63) is 65.9 Å². The zero-order valence-corrected chi connectivity index (χ0v) is 14.2. The van der Waals surface area contributed by atoms with Crippen LogP contribution in [0, 0.1) is 0 Å². The molecule has 0 bridgehead atoms. The third-order valence-electron chi connectivity index (χ3n) is 3.98. The van der Waals surface area contributed by atoms with Crippen LogP contribution in [0.4, 0.5) is 11.4 Å². The Balaban J connectivity index is 1.93. The van der Waals surface area contributed by atoms with Crippen molar-refractivity contribution in [1.29, 1.82) is 0 Å². The number of pyridine rings is 1. The molecule has 128 valence electrons. The van der Waals surface area contributed by atoms with Crippen LogP contribution in [-0.4, -0.2) is 24.1 Å². The number of fused-ring (bicyclic) bond motifs is 1. The Labute approximate surface area is 146 Å². The van der Waals surface area contributed by atoms with E-state index in [1.165, 1.54) is 11.8 Å². The molecule has 5 heteroatoms. The molecule has 0 saturated carbocycles. The number of hydrogen-bond acceptors (Lipinski definition) is 5. The van der Waals surface area contributed by atoms with Gasteiger partial charge in [0.05, 0.1) is 23.5 Å². The van der Waals surface area contributed by atoms with Crippen molar-refractivity contribution >= 4 is 28.2 Å². The maximum atomic E-state index is 12.3. The molecule has 0 aliphatic carbocycles. The van der Waals surface area contributed by atoms with Gasteiger partial charge in [-0.25, -0.2) is 4.79 Å². The summed E-state index contributed by atoms with van der Waals surface area (Å²) in [6.07, 6.45) is 2.37. The number of nitrogens with zero attached hydrogens (tertiary/aromatic N) is 1. The maximum absolute atomic E-state index is 12.3. The number of nitrogen functional groups attached to an aromatic ring is 1. The SMILES string of the molecule is CCOC(=O)c1cnc2c(N)cccc2c1NCCc1ccccc1. The van der Waals surface area contributed by atoms with Crippen LogP contribution in [0.5, 0.6) is 0 Å². The number of carbonyl (C=O) groups is 1. The van der Waals surface area contributed by atoms with Gasteiger partial charge in [-0.1, -0.05) is 42.5 Å². The monoisotopic (exact) mass is 335 g/mol. The first-order valence-electron chi connectivity index (χ1n) is 8.32. The van der Waals surface area contributed by atoms with E-state index in [1.54, 1.807) is 13.0 Å². The minimum Gasteiger partial charge on any atom is -0.462 e. The summed E-state index contributed by atoms with van der Waals surface area (Å²) in [4.78, 5) is 16.6. The number of carbonyl (C=O) groups excluding carboxylic acids is 1. The first-order chi connectivity index (χ1) is 12.2. The van der Waals surface area contributed by atoms with Crippen molar-refractivity contribution < 1.29 is 9.53 Å². The summed E-state index contributed by atoms with van der Waals surface area (Å²) >= 11 is 0. The number of para-hydroxylation sites is 1. The van der Waals surface area contributed by atoms with Crippen molar-refractivity contribution in [2.24, 2.45) is 0 Å². The molecule has 0 amide bonds. The van der Waals surface area contributed by atoms with Crippen LogP contribution in [0.15, 0.2) is 54.7 Å². The third kappa shape index (κ3) is 3.71. The fourth-order valence-corrected chi connectivity index (χ4v) is 2.78. The Kier molecular flexibility index (Phi) is 5.14. The average Bonchev–Trinajstić information content (AvgIpc) is 2.63. The van der Waals surface area contributed by atoms with E-state index >= 15 is 0 Å². The lowest BCUT2D eigenvalue weighted by Crippen LogP contribution is -2.13. The van der Waals surface area contributed by atoms with Gasteiger partial charge in [0.15, 0.2) is 0 Å². The second-order valence-electron chi connectivity index (χ2n) is 5.67. The lowest BCUT2D eigenvalue weighted by Gasteiger charge is -2.15. The highest BCUT2D eigenvalue weighted by Gasteiger charge is 2.17. The van der Waals surface area contributed by atoms with Gasteiger partial charge in [-0.05, 0) is 25.0 Å². The number of hydrogen-bond donors (Lipinski definition) is 2. The van der Waals surface area contributed by atoms with Crippen molar-refractivity contribution in [2.75, 3.05) is 24.2 Å². The number of esters is 1. The molecule has 0 atom stereocenters. The second kappa shape index (κ2) is 7.66. The molecule has 0 aliphatic heterocycles. The van der Waals surface area contributed by atoms with Gasteiger partial charge in [0.1, 0.15) is 5.56 Å². The van der Waals surface area contributed by atoms with Crippen molar-refractivity contribution in [3.63, 3.8) is 0 Å². The molecule has 0 radical (unpaired) electrons. The van der Waals surface area contributed by atoms with Crippen LogP contribution < -0.4 is 11.1 Å². The van der Waals surface area contributed by atoms with Crippen LogP contribution >= 0.6 is 0 Å². The van der Waals surface area contributed by atoms with Gasteiger partial charge in [-0.3, -0.25) is 4.98 Å². The molecule has 3 N–H and O–H groups in total. The summed E-state index contributed by atoms with van der Waals surface area (Å²) < 4.78 is 5.16. The zero-order valence-electron chi connectivity index (χ0n) is 14.2. The second-order valence-corrected chi connectivity index (χ2v) is 5.67. The summed E-state index contributed by atoms with van der Waals surface area (Å²) in [5.41, 5.74) is 9.65. The first kappa shape index (κ1) is 16.8. The minimum absolute atomic E-state index is 0.317. The number of rotatable bonds is 6. The molecule has 3 aromatic rings. The topological polar surface area (TPSA) is 77.2 Å². The predicted octanol–water partition coefficient (Wildman–Crippen LogP) is 3.65. The summed E-state index contributed by atoms with van der Waals surface area (Å²) in [6, 6.07) is 15.8. The van der Waals surface area contributed by atoms with E-state index in [0.29, 0.717) is 35.6 Å². The fraction of sp³-hybridized carbons (Fsp3) is 0.200. The fourth-order valence-electron chi connectivity index (χ4n) is 2.78. The Bertz CT molecular complexity index is 879. The molecule has 1 heterocycles. The average molecular weight is 335 g/mol. The molecule has 1 aromatic heterocycles. The van der Waals surface area contributed by atoms with E-state index in [4.69, 9.17) is 10.5 Å². The molecule has 0 saturated heterocycles. The third-order valence-corrected chi connectivity index (χ3v) is 3.98. The Morgan fingerprint density at radius 1 is 1.16 bits per heavy atom. The van der Waals surface area contributed by atoms with E-state index in [-0.39, 0.29) is 5.97 Å². The van der Waals surface area contributed by atoms with E-state index in [1.807, 2.05) is 30.3 Å². The molecule has 0 fully saturated rings. The highest BCUT2D eigenvalue weighted by molar-refractivity contribution is 6.07. The molecular formula is C20H21N3O2. The van der Waals surface area contributed by atoms with E-state index in [9.17, 15) is 4.79 Å². The van der Waals surface area contributed by atoms with Crippen molar-refractivity contribution in [2.45, 2.75) is 13.3 Å². The molecule has 25 heavy (non-hydrogen) atoms. The Morgan fingerprint density at radius 2 is 1.96 bits per heavy atom. The molecule has 0 unspecified atom stereocenters. The highest BCUT2D eigenvalue weighted by atomic mass is 16.5. The van der Waals surface area contributed by atoms with Crippen LogP contribution in [-0.2, 0) is 11.2 Å². The molecule has 0 spiro atoms. The van der Waals surface area contributed by atoms with Crippen LogP contribution in [0.25, 0.3) is 10.9 Å². The minimum atomic E-state index is -0.387. The van der Waals surface area contributed by atoms with Gasteiger partial charge < -0.3 is 15.8 Å². The van der Waals surface area contributed by atoms with Gasteiger partial charge in [0.2, 0.25) is 0 Å².